The van der Waals surface area contributed by atoms with Gasteiger partial charge in [-0.2, -0.15) is 0 Å². The molecule has 2 N–H and O–H groups in total. The van der Waals surface area contributed by atoms with Gasteiger partial charge in [0.25, 0.3) is 0 Å². The van der Waals surface area contributed by atoms with Crippen molar-refractivity contribution in [2.45, 2.75) is 25.9 Å². The van der Waals surface area contributed by atoms with Gasteiger partial charge in [-0.1, -0.05) is 23.2 Å². The van der Waals surface area contributed by atoms with Crippen LogP contribution >= 0.6 is 23.2 Å². The number of carbonyl (C=O) groups excluding carboxylic acids is 1. The van der Waals surface area contributed by atoms with Crippen LogP contribution in [0.25, 0.3) is 0 Å². The molecule has 0 spiro atoms. The second kappa shape index (κ2) is 7.47. The topological polar surface area (TPSA) is 75.6 Å². The van der Waals surface area contributed by atoms with Gasteiger partial charge in [0, 0.05) is 13.5 Å². The van der Waals surface area contributed by atoms with Gasteiger partial charge < -0.3 is 15.2 Å². The molecule has 5 nitrogen and oxygen atoms in total. The number of aromatic carboxylic acids is 1. The summed E-state index contributed by atoms with van der Waals surface area (Å²) in [5, 5.41) is 11.6. The Bertz CT molecular complexity index is 496. The summed E-state index contributed by atoms with van der Waals surface area (Å²) in [6, 6.07) is 2.48. The van der Waals surface area contributed by atoms with Crippen LogP contribution in [-0.2, 0) is 9.53 Å². The third-order valence-electron chi connectivity index (χ3n) is 2.73. The van der Waals surface area contributed by atoms with E-state index in [1.54, 1.807) is 7.11 Å². The van der Waals surface area contributed by atoms with Gasteiger partial charge in [-0.25, -0.2) is 4.79 Å². The number of carbonyl (C=O) groups is 2. The maximum atomic E-state index is 11.8. The minimum Gasteiger partial charge on any atom is -0.478 e. The lowest BCUT2D eigenvalue weighted by Crippen LogP contribution is -2.15. The first-order valence-corrected chi connectivity index (χ1v) is 6.65. The van der Waals surface area contributed by atoms with Crippen molar-refractivity contribution in [2.24, 2.45) is 0 Å². The van der Waals surface area contributed by atoms with E-state index in [9.17, 15) is 9.59 Å². The predicted molar refractivity (Wildman–Crippen MR) is 77.8 cm³/mol. The number of hydrogen-bond acceptors (Lipinski definition) is 3. The van der Waals surface area contributed by atoms with Crippen LogP contribution in [-0.4, -0.2) is 30.2 Å². The molecule has 1 atom stereocenters. The lowest BCUT2D eigenvalue weighted by molar-refractivity contribution is -0.116. The fourth-order valence-electron chi connectivity index (χ4n) is 1.47. The van der Waals surface area contributed by atoms with Crippen molar-refractivity contribution in [3.63, 3.8) is 0 Å². The van der Waals surface area contributed by atoms with Crippen LogP contribution in [0.15, 0.2) is 12.1 Å². The molecule has 1 aromatic carbocycles. The zero-order valence-electron chi connectivity index (χ0n) is 11.1. The van der Waals surface area contributed by atoms with Crippen molar-refractivity contribution in [1.82, 2.24) is 0 Å². The summed E-state index contributed by atoms with van der Waals surface area (Å²) >= 11 is 11.9. The first-order chi connectivity index (χ1) is 9.35. The molecule has 0 bridgehead atoms. The van der Waals surface area contributed by atoms with Crippen LogP contribution in [0.5, 0.6) is 0 Å². The molecule has 0 saturated carbocycles. The van der Waals surface area contributed by atoms with Crippen molar-refractivity contribution in [1.29, 1.82) is 0 Å². The van der Waals surface area contributed by atoms with Gasteiger partial charge in [-0.3, -0.25) is 4.79 Å². The number of methoxy groups -OCH3 is 1. The van der Waals surface area contributed by atoms with Gasteiger partial charge in [-0.05, 0) is 25.5 Å². The molecular weight excluding hydrogens is 305 g/mol. The number of anilines is 1. The smallest absolute Gasteiger partial charge is 0.335 e. The number of rotatable bonds is 6. The Morgan fingerprint density at radius 2 is 1.90 bits per heavy atom. The molecule has 0 aliphatic rings. The summed E-state index contributed by atoms with van der Waals surface area (Å²) in [4.78, 5) is 22.6. The number of carboxylic acid groups (broad SMARTS) is 1. The second-order valence-corrected chi connectivity index (χ2v) is 5.07. The van der Waals surface area contributed by atoms with Crippen LogP contribution < -0.4 is 5.32 Å². The molecule has 110 valence electrons. The minimum absolute atomic E-state index is 0.0268. The first kappa shape index (κ1) is 16.8. The fourth-order valence-corrected chi connectivity index (χ4v) is 2.05. The summed E-state index contributed by atoms with van der Waals surface area (Å²) in [7, 11) is 1.57. The normalized spacial score (nSPS) is 12.0. The van der Waals surface area contributed by atoms with Crippen LogP contribution in [0.4, 0.5) is 5.69 Å². The maximum absolute atomic E-state index is 11.8. The van der Waals surface area contributed by atoms with Gasteiger partial charge in [0.05, 0.1) is 27.4 Å². The lowest BCUT2D eigenvalue weighted by Gasteiger charge is -2.12. The van der Waals surface area contributed by atoms with Crippen molar-refractivity contribution < 1.29 is 19.4 Å². The van der Waals surface area contributed by atoms with Crippen LogP contribution in [0.3, 0.4) is 0 Å². The summed E-state index contributed by atoms with van der Waals surface area (Å²) in [5.74, 6) is -1.40. The molecule has 0 aliphatic heterocycles. The Morgan fingerprint density at radius 1 is 1.35 bits per heavy atom. The van der Waals surface area contributed by atoms with E-state index in [1.165, 1.54) is 12.1 Å². The van der Waals surface area contributed by atoms with Crippen molar-refractivity contribution in [3.8, 4) is 0 Å². The zero-order chi connectivity index (χ0) is 15.3. The highest BCUT2D eigenvalue weighted by Crippen LogP contribution is 2.32. The van der Waals surface area contributed by atoms with Crippen molar-refractivity contribution >= 4 is 40.8 Å². The Kier molecular flexibility index (Phi) is 6.26. The first-order valence-electron chi connectivity index (χ1n) is 5.90. The number of carboxylic acids is 1. The van der Waals surface area contributed by atoms with E-state index >= 15 is 0 Å². The Labute approximate surface area is 126 Å². The average Bonchev–Trinajstić information content (AvgIpc) is 2.39. The second-order valence-electron chi connectivity index (χ2n) is 4.25. The lowest BCUT2D eigenvalue weighted by atomic mass is 10.2. The molecule has 1 amide bonds. The quantitative estimate of drug-likeness (QED) is 0.842. The molecular formula is C13H15Cl2NO4. The molecule has 0 saturated heterocycles. The molecule has 0 radical (unpaired) electrons. The summed E-state index contributed by atoms with van der Waals surface area (Å²) in [6.07, 6.45) is 0.786. The van der Waals surface area contributed by atoms with E-state index < -0.39 is 5.97 Å². The van der Waals surface area contributed by atoms with Gasteiger partial charge in [-0.15, -0.1) is 0 Å². The maximum Gasteiger partial charge on any atom is 0.335 e. The standard InChI is InChI=1S/C13H15Cl2NO4/c1-7(20-2)3-4-11(17)16-12-9(14)5-8(13(18)19)6-10(12)15/h5-7H,3-4H2,1-2H3,(H,16,17)(H,18,19). The fraction of sp³-hybridized carbons (Fsp3) is 0.385. The molecule has 7 heteroatoms. The highest BCUT2D eigenvalue weighted by molar-refractivity contribution is 6.40. The highest BCUT2D eigenvalue weighted by Gasteiger charge is 2.15. The van der Waals surface area contributed by atoms with E-state index in [0.717, 1.165) is 0 Å². The summed E-state index contributed by atoms with van der Waals surface area (Å²) < 4.78 is 5.04. The van der Waals surface area contributed by atoms with E-state index in [4.69, 9.17) is 33.0 Å². The predicted octanol–water partition coefficient (Wildman–Crippen LogP) is 3.45. The minimum atomic E-state index is -1.14. The van der Waals surface area contributed by atoms with Crippen LogP contribution in [0.1, 0.15) is 30.1 Å². The monoisotopic (exact) mass is 319 g/mol. The summed E-state index contributed by atoms with van der Waals surface area (Å²) in [5.41, 5.74) is 0.180. The van der Waals surface area contributed by atoms with E-state index in [-0.39, 0.29) is 39.7 Å². The van der Waals surface area contributed by atoms with Gasteiger partial charge >= 0.3 is 5.97 Å². The molecule has 1 rings (SSSR count). The molecule has 1 aromatic rings. The van der Waals surface area contributed by atoms with Crippen LogP contribution in [0.2, 0.25) is 10.0 Å². The highest BCUT2D eigenvalue weighted by atomic mass is 35.5. The zero-order valence-corrected chi connectivity index (χ0v) is 12.6. The Morgan fingerprint density at radius 3 is 2.35 bits per heavy atom. The number of benzene rings is 1. The molecule has 1 unspecified atom stereocenters. The molecule has 0 fully saturated rings. The Hall–Kier alpha value is -1.30. The third-order valence-corrected chi connectivity index (χ3v) is 3.33. The van der Waals surface area contributed by atoms with Crippen molar-refractivity contribution in [3.05, 3.63) is 27.7 Å². The van der Waals surface area contributed by atoms with Gasteiger partial charge in [0.2, 0.25) is 5.91 Å². The number of halogens is 2. The molecule has 0 aliphatic carbocycles. The van der Waals surface area contributed by atoms with Crippen molar-refractivity contribution in [2.75, 3.05) is 12.4 Å². The van der Waals surface area contributed by atoms with E-state index in [0.29, 0.717) is 6.42 Å². The Balaban J connectivity index is 2.78. The molecule has 0 heterocycles. The molecule has 0 aromatic heterocycles. The number of ether oxygens (including phenoxy) is 1. The van der Waals surface area contributed by atoms with Crippen LogP contribution in [0, 0.1) is 0 Å². The summed E-state index contributed by atoms with van der Waals surface area (Å²) in [6.45, 7) is 1.86. The van der Waals surface area contributed by atoms with E-state index in [2.05, 4.69) is 5.32 Å². The van der Waals surface area contributed by atoms with Gasteiger partial charge in [0.1, 0.15) is 0 Å². The third kappa shape index (κ3) is 4.67. The van der Waals surface area contributed by atoms with E-state index in [1.807, 2.05) is 6.92 Å². The van der Waals surface area contributed by atoms with Gasteiger partial charge in [0.15, 0.2) is 0 Å². The SMILES string of the molecule is COC(C)CCC(=O)Nc1c(Cl)cc(C(=O)O)cc1Cl. The number of nitrogens with one attached hydrogen (secondary N) is 1. The number of amides is 1. The largest absolute Gasteiger partial charge is 0.478 e. The molecule has 20 heavy (non-hydrogen) atoms. The average molecular weight is 320 g/mol. The number of hydrogen-bond donors (Lipinski definition) is 2.